The summed E-state index contributed by atoms with van der Waals surface area (Å²) in [7, 11) is 0. The van der Waals surface area contributed by atoms with Gasteiger partial charge in [-0.2, -0.15) is 5.10 Å². The van der Waals surface area contributed by atoms with Gasteiger partial charge in [-0.15, -0.1) is 0 Å². The monoisotopic (exact) mass is 233 g/mol. The molecule has 1 aromatic heterocycles. The lowest BCUT2D eigenvalue weighted by atomic mass is 9.83. The Balaban J connectivity index is 2.16. The predicted molar refractivity (Wildman–Crippen MR) is 71.5 cm³/mol. The molecule has 0 aliphatic heterocycles. The second-order valence-electron chi connectivity index (χ2n) is 4.83. The van der Waals surface area contributed by atoms with E-state index < -0.39 is 0 Å². The van der Waals surface area contributed by atoms with Crippen LogP contribution in [0.4, 0.5) is 0 Å². The second kappa shape index (κ2) is 6.01. The molecule has 1 fully saturated rings. The third-order valence-corrected chi connectivity index (χ3v) is 3.75. The van der Waals surface area contributed by atoms with Gasteiger partial charge in [0.05, 0.1) is 5.69 Å². The zero-order chi connectivity index (χ0) is 12.1. The molecule has 2 N–H and O–H groups in total. The summed E-state index contributed by atoms with van der Waals surface area (Å²) in [6.07, 6.45) is 10.8. The topological polar surface area (TPSA) is 43.8 Å². The smallest absolute Gasteiger partial charge is 0.0609 e. The number of aryl methyl sites for hydroxylation is 1. The first-order valence-corrected chi connectivity index (χ1v) is 6.77. The molecule has 2 rings (SSSR count). The zero-order valence-corrected chi connectivity index (χ0v) is 10.7. The van der Waals surface area contributed by atoms with E-state index in [1.165, 1.54) is 43.4 Å². The van der Waals surface area contributed by atoms with Crippen molar-refractivity contribution in [1.29, 1.82) is 0 Å². The molecule has 3 heteroatoms. The lowest BCUT2D eigenvalue weighted by Gasteiger charge is -2.23. The van der Waals surface area contributed by atoms with E-state index >= 15 is 0 Å². The minimum Gasteiger partial charge on any atom is -0.327 e. The largest absolute Gasteiger partial charge is 0.327 e. The highest BCUT2D eigenvalue weighted by molar-refractivity contribution is 5.50. The van der Waals surface area contributed by atoms with Crippen molar-refractivity contribution in [3.8, 4) is 0 Å². The van der Waals surface area contributed by atoms with Gasteiger partial charge in [0.15, 0.2) is 0 Å². The maximum atomic E-state index is 5.91. The van der Waals surface area contributed by atoms with Crippen molar-refractivity contribution < 1.29 is 0 Å². The number of hydrogen-bond acceptors (Lipinski definition) is 2. The zero-order valence-electron chi connectivity index (χ0n) is 10.7. The molecular weight excluding hydrogens is 210 g/mol. The molecule has 0 aromatic carbocycles. The fourth-order valence-electron chi connectivity index (χ4n) is 2.74. The van der Waals surface area contributed by atoms with Crippen LogP contribution in [-0.4, -0.2) is 16.3 Å². The SMILES string of the molecule is CCn1nccc1/C=C(/CN)C1CCCCC1. The summed E-state index contributed by atoms with van der Waals surface area (Å²) >= 11 is 0. The Morgan fingerprint density at radius 2 is 2.24 bits per heavy atom. The molecule has 0 amide bonds. The van der Waals surface area contributed by atoms with Gasteiger partial charge in [-0.1, -0.05) is 24.8 Å². The summed E-state index contributed by atoms with van der Waals surface area (Å²) in [5.41, 5.74) is 8.51. The third kappa shape index (κ3) is 2.97. The van der Waals surface area contributed by atoms with Crippen LogP contribution in [0.15, 0.2) is 17.8 Å². The van der Waals surface area contributed by atoms with Crippen LogP contribution < -0.4 is 5.73 Å². The van der Waals surface area contributed by atoms with Gasteiger partial charge in [0, 0.05) is 19.3 Å². The van der Waals surface area contributed by atoms with Crippen molar-refractivity contribution in [3.63, 3.8) is 0 Å². The van der Waals surface area contributed by atoms with Crippen LogP contribution in [0.1, 0.15) is 44.7 Å². The van der Waals surface area contributed by atoms with E-state index in [1.807, 2.05) is 10.9 Å². The first-order chi connectivity index (χ1) is 8.35. The number of hydrogen-bond donors (Lipinski definition) is 1. The molecule has 1 heterocycles. The highest BCUT2D eigenvalue weighted by Crippen LogP contribution is 2.30. The molecule has 0 unspecified atom stereocenters. The summed E-state index contributed by atoms with van der Waals surface area (Å²) in [5, 5.41) is 4.30. The van der Waals surface area contributed by atoms with Gasteiger partial charge < -0.3 is 5.73 Å². The molecule has 0 saturated heterocycles. The van der Waals surface area contributed by atoms with E-state index in [-0.39, 0.29) is 0 Å². The Morgan fingerprint density at radius 1 is 1.47 bits per heavy atom. The van der Waals surface area contributed by atoms with Crippen molar-refractivity contribution in [3.05, 3.63) is 23.5 Å². The number of nitrogens with zero attached hydrogens (tertiary/aromatic N) is 2. The first-order valence-electron chi connectivity index (χ1n) is 6.77. The lowest BCUT2D eigenvalue weighted by molar-refractivity contribution is 0.401. The molecule has 0 radical (unpaired) electrons. The summed E-state index contributed by atoms with van der Waals surface area (Å²) < 4.78 is 2.03. The number of rotatable bonds is 4. The summed E-state index contributed by atoms with van der Waals surface area (Å²) in [6, 6.07) is 2.07. The molecule has 1 aromatic rings. The molecule has 3 nitrogen and oxygen atoms in total. The fourth-order valence-corrected chi connectivity index (χ4v) is 2.74. The average Bonchev–Trinajstić information content (AvgIpc) is 2.84. The summed E-state index contributed by atoms with van der Waals surface area (Å²) in [5.74, 6) is 0.703. The summed E-state index contributed by atoms with van der Waals surface area (Å²) in [6.45, 7) is 3.72. The Bertz CT molecular complexity index is 373. The van der Waals surface area contributed by atoms with Crippen LogP contribution in [0.3, 0.4) is 0 Å². The highest BCUT2D eigenvalue weighted by atomic mass is 15.3. The van der Waals surface area contributed by atoms with Crippen LogP contribution in [0.25, 0.3) is 6.08 Å². The molecule has 1 saturated carbocycles. The minimum atomic E-state index is 0.680. The maximum absolute atomic E-state index is 5.91. The fraction of sp³-hybridized carbons (Fsp3) is 0.643. The Hall–Kier alpha value is -1.09. The van der Waals surface area contributed by atoms with Crippen molar-refractivity contribution in [1.82, 2.24) is 9.78 Å². The van der Waals surface area contributed by atoms with Crippen LogP contribution in [0.5, 0.6) is 0 Å². The Morgan fingerprint density at radius 3 is 2.88 bits per heavy atom. The molecular formula is C14H23N3. The highest BCUT2D eigenvalue weighted by Gasteiger charge is 2.17. The first kappa shape index (κ1) is 12.4. The molecule has 1 aliphatic carbocycles. The van der Waals surface area contributed by atoms with E-state index in [2.05, 4.69) is 24.2 Å². The Kier molecular flexibility index (Phi) is 4.37. The van der Waals surface area contributed by atoms with E-state index in [4.69, 9.17) is 5.73 Å². The molecule has 0 bridgehead atoms. The van der Waals surface area contributed by atoms with Crippen LogP contribution in [0.2, 0.25) is 0 Å². The minimum absolute atomic E-state index is 0.680. The molecule has 0 atom stereocenters. The van der Waals surface area contributed by atoms with Gasteiger partial charge in [-0.25, -0.2) is 0 Å². The van der Waals surface area contributed by atoms with Crippen LogP contribution in [0, 0.1) is 5.92 Å². The van der Waals surface area contributed by atoms with E-state index in [0.29, 0.717) is 12.5 Å². The van der Waals surface area contributed by atoms with Crippen molar-refractivity contribution in [2.45, 2.75) is 45.6 Å². The van der Waals surface area contributed by atoms with Gasteiger partial charge in [-0.3, -0.25) is 4.68 Å². The molecule has 1 aliphatic rings. The molecule has 94 valence electrons. The van der Waals surface area contributed by atoms with Gasteiger partial charge >= 0.3 is 0 Å². The van der Waals surface area contributed by atoms with Crippen LogP contribution in [-0.2, 0) is 6.54 Å². The van der Waals surface area contributed by atoms with E-state index in [9.17, 15) is 0 Å². The van der Waals surface area contributed by atoms with Crippen molar-refractivity contribution >= 4 is 6.08 Å². The van der Waals surface area contributed by atoms with E-state index in [0.717, 1.165) is 6.54 Å². The second-order valence-corrected chi connectivity index (χ2v) is 4.83. The lowest BCUT2D eigenvalue weighted by Crippen LogP contribution is -2.16. The summed E-state index contributed by atoms with van der Waals surface area (Å²) in [4.78, 5) is 0. The molecule has 17 heavy (non-hydrogen) atoms. The normalized spacial score (nSPS) is 18.6. The van der Waals surface area contributed by atoms with E-state index in [1.54, 1.807) is 0 Å². The van der Waals surface area contributed by atoms with Gasteiger partial charge in [0.25, 0.3) is 0 Å². The Labute approximate surface area is 104 Å². The number of nitrogens with two attached hydrogens (primary N) is 1. The standard InChI is InChI=1S/C14H23N3/c1-2-17-14(8-9-16-17)10-13(11-15)12-6-4-3-5-7-12/h8-10,12H,2-7,11,15H2,1H3/b13-10-. The van der Waals surface area contributed by atoms with Crippen molar-refractivity contribution in [2.24, 2.45) is 11.7 Å². The maximum Gasteiger partial charge on any atom is 0.0609 e. The van der Waals surface area contributed by atoms with Gasteiger partial charge in [-0.05, 0) is 37.8 Å². The van der Waals surface area contributed by atoms with Crippen molar-refractivity contribution in [2.75, 3.05) is 6.54 Å². The third-order valence-electron chi connectivity index (χ3n) is 3.75. The van der Waals surface area contributed by atoms with Gasteiger partial charge in [0.2, 0.25) is 0 Å². The molecule has 0 spiro atoms. The van der Waals surface area contributed by atoms with Gasteiger partial charge in [0.1, 0.15) is 0 Å². The predicted octanol–water partition coefficient (Wildman–Crippen LogP) is 2.83. The number of aromatic nitrogens is 2. The average molecular weight is 233 g/mol. The van der Waals surface area contributed by atoms with Crippen LogP contribution >= 0.6 is 0 Å². The quantitative estimate of drug-likeness (QED) is 0.869.